The van der Waals surface area contributed by atoms with Gasteiger partial charge >= 0.3 is 0 Å². The average Bonchev–Trinajstić information content (AvgIpc) is 2.47. The van der Waals surface area contributed by atoms with Gasteiger partial charge in [-0.1, -0.05) is 25.1 Å². The van der Waals surface area contributed by atoms with Crippen LogP contribution in [0.15, 0.2) is 42.6 Å². The summed E-state index contributed by atoms with van der Waals surface area (Å²) >= 11 is 0. The number of rotatable bonds is 6. The predicted octanol–water partition coefficient (Wildman–Crippen LogP) is 3.49. The van der Waals surface area contributed by atoms with Gasteiger partial charge in [-0.3, -0.25) is 4.98 Å². The van der Waals surface area contributed by atoms with Gasteiger partial charge in [0, 0.05) is 11.9 Å². The van der Waals surface area contributed by atoms with Crippen LogP contribution in [0, 0.1) is 6.92 Å². The Balaban J connectivity index is 2.31. The Bertz CT molecular complexity index is 537. The van der Waals surface area contributed by atoms with E-state index in [1.165, 1.54) is 11.1 Å². The quantitative estimate of drug-likeness (QED) is 0.872. The smallest absolute Gasteiger partial charge is 0.119 e. The van der Waals surface area contributed by atoms with Crippen LogP contribution in [0.5, 0.6) is 5.75 Å². The fourth-order valence-corrected chi connectivity index (χ4v) is 2.34. The Morgan fingerprint density at radius 1 is 1.15 bits per heavy atom. The van der Waals surface area contributed by atoms with Gasteiger partial charge in [0.05, 0.1) is 12.6 Å². The Kier molecular flexibility index (Phi) is 5.13. The molecule has 0 radical (unpaired) electrons. The molecule has 106 valence electrons. The number of nitrogens with zero attached hydrogens (tertiary/aromatic N) is 1. The van der Waals surface area contributed by atoms with Crippen molar-refractivity contribution in [1.29, 1.82) is 0 Å². The van der Waals surface area contributed by atoms with E-state index >= 15 is 0 Å². The minimum Gasteiger partial charge on any atom is -0.494 e. The molecule has 0 aliphatic heterocycles. The SMILES string of the molecule is CCNC(c1ccc(OCC)cc1)c1cccnc1C. The third-order valence-electron chi connectivity index (χ3n) is 3.29. The number of pyridine rings is 1. The van der Waals surface area contributed by atoms with Gasteiger partial charge < -0.3 is 10.1 Å². The lowest BCUT2D eigenvalue weighted by Gasteiger charge is -2.20. The third kappa shape index (κ3) is 3.36. The zero-order chi connectivity index (χ0) is 14.4. The van der Waals surface area contributed by atoms with Crippen LogP contribution in [0.3, 0.4) is 0 Å². The van der Waals surface area contributed by atoms with E-state index in [9.17, 15) is 0 Å². The molecule has 0 saturated heterocycles. The van der Waals surface area contributed by atoms with E-state index in [0.29, 0.717) is 6.61 Å². The first-order valence-electron chi connectivity index (χ1n) is 7.14. The number of hydrogen-bond acceptors (Lipinski definition) is 3. The first-order chi connectivity index (χ1) is 9.76. The number of hydrogen-bond donors (Lipinski definition) is 1. The highest BCUT2D eigenvalue weighted by molar-refractivity contribution is 5.36. The molecular weight excluding hydrogens is 248 g/mol. The molecule has 2 aromatic rings. The van der Waals surface area contributed by atoms with Gasteiger partial charge in [-0.15, -0.1) is 0 Å². The van der Waals surface area contributed by atoms with Gasteiger partial charge in [0.1, 0.15) is 5.75 Å². The second-order valence-electron chi connectivity index (χ2n) is 4.67. The monoisotopic (exact) mass is 270 g/mol. The molecule has 1 N–H and O–H groups in total. The Morgan fingerprint density at radius 2 is 1.90 bits per heavy atom. The van der Waals surface area contributed by atoms with E-state index in [2.05, 4.69) is 35.4 Å². The summed E-state index contributed by atoms with van der Waals surface area (Å²) in [4.78, 5) is 4.39. The maximum Gasteiger partial charge on any atom is 0.119 e. The molecule has 20 heavy (non-hydrogen) atoms. The van der Waals surface area contributed by atoms with Crippen molar-refractivity contribution in [2.24, 2.45) is 0 Å². The molecule has 3 nitrogen and oxygen atoms in total. The molecule has 0 bridgehead atoms. The summed E-state index contributed by atoms with van der Waals surface area (Å²) in [6, 6.07) is 12.6. The summed E-state index contributed by atoms with van der Waals surface area (Å²) in [6.45, 7) is 7.76. The zero-order valence-electron chi connectivity index (χ0n) is 12.4. The lowest BCUT2D eigenvalue weighted by molar-refractivity contribution is 0.340. The summed E-state index contributed by atoms with van der Waals surface area (Å²) in [5, 5.41) is 3.53. The topological polar surface area (TPSA) is 34.1 Å². The Morgan fingerprint density at radius 3 is 2.50 bits per heavy atom. The largest absolute Gasteiger partial charge is 0.494 e. The van der Waals surface area contributed by atoms with E-state index in [1.54, 1.807) is 0 Å². The third-order valence-corrected chi connectivity index (χ3v) is 3.29. The molecule has 0 amide bonds. The molecule has 1 aromatic carbocycles. The van der Waals surface area contributed by atoms with Crippen molar-refractivity contribution in [3.05, 3.63) is 59.4 Å². The van der Waals surface area contributed by atoms with Crippen LogP contribution in [0.4, 0.5) is 0 Å². The average molecular weight is 270 g/mol. The molecule has 3 heteroatoms. The van der Waals surface area contributed by atoms with Crippen LogP contribution in [0.25, 0.3) is 0 Å². The van der Waals surface area contributed by atoms with E-state index in [-0.39, 0.29) is 6.04 Å². The van der Waals surface area contributed by atoms with Crippen molar-refractivity contribution in [2.75, 3.05) is 13.2 Å². The minimum atomic E-state index is 0.171. The molecule has 0 fully saturated rings. The molecule has 1 unspecified atom stereocenters. The number of ether oxygens (including phenoxy) is 1. The van der Waals surface area contributed by atoms with Crippen LogP contribution in [-0.2, 0) is 0 Å². The van der Waals surface area contributed by atoms with Crippen LogP contribution in [-0.4, -0.2) is 18.1 Å². The standard InChI is InChI=1S/C17H22N2O/c1-4-18-17(16-7-6-12-19-13(16)3)14-8-10-15(11-9-14)20-5-2/h6-12,17-18H,4-5H2,1-3H3. The fraction of sp³-hybridized carbons (Fsp3) is 0.353. The van der Waals surface area contributed by atoms with Crippen LogP contribution < -0.4 is 10.1 Å². The molecule has 0 aliphatic rings. The van der Waals surface area contributed by atoms with E-state index < -0.39 is 0 Å². The predicted molar refractivity (Wildman–Crippen MR) is 82.1 cm³/mol. The molecule has 1 heterocycles. The van der Waals surface area contributed by atoms with Crippen molar-refractivity contribution in [1.82, 2.24) is 10.3 Å². The molecular formula is C17H22N2O. The molecule has 1 aromatic heterocycles. The Hall–Kier alpha value is -1.87. The highest BCUT2D eigenvalue weighted by Gasteiger charge is 2.15. The van der Waals surface area contributed by atoms with Gasteiger partial charge in [0.2, 0.25) is 0 Å². The number of benzene rings is 1. The highest BCUT2D eigenvalue weighted by atomic mass is 16.5. The van der Waals surface area contributed by atoms with Crippen molar-refractivity contribution in [3.63, 3.8) is 0 Å². The highest BCUT2D eigenvalue weighted by Crippen LogP contribution is 2.25. The van der Waals surface area contributed by atoms with E-state index in [0.717, 1.165) is 18.0 Å². The normalized spacial score (nSPS) is 12.2. The van der Waals surface area contributed by atoms with Gasteiger partial charge in [-0.05, 0) is 49.7 Å². The van der Waals surface area contributed by atoms with Crippen LogP contribution in [0.1, 0.15) is 36.7 Å². The summed E-state index contributed by atoms with van der Waals surface area (Å²) in [5.74, 6) is 0.911. The molecule has 0 spiro atoms. The number of nitrogens with one attached hydrogen (secondary N) is 1. The first kappa shape index (κ1) is 14.5. The van der Waals surface area contributed by atoms with Crippen molar-refractivity contribution in [3.8, 4) is 5.75 Å². The fourth-order valence-electron chi connectivity index (χ4n) is 2.34. The van der Waals surface area contributed by atoms with Crippen molar-refractivity contribution in [2.45, 2.75) is 26.8 Å². The summed E-state index contributed by atoms with van der Waals surface area (Å²) in [5.41, 5.74) is 3.51. The molecule has 0 saturated carbocycles. The lowest BCUT2D eigenvalue weighted by atomic mass is 9.97. The molecule has 1 atom stereocenters. The second kappa shape index (κ2) is 7.06. The summed E-state index contributed by atoms with van der Waals surface area (Å²) < 4.78 is 5.50. The van der Waals surface area contributed by atoms with Gasteiger partial charge in [0.25, 0.3) is 0 Å². The maximum atomic E-state index is 5.50. The van der Waals surface area contributed by atoms with E-state index in [1.807, 2.05) is 38.2 Å². The Labute approximate surface area is 121 Å². The summed E-state index contributed by atoms with van der Waals surface area (Å²) in [7, 11) is 0. The first-order valence-corrected chi connectivity index (χ1v) is 7.14. The second-order valence-corrected chi connectivity index (χ2v) is 4.67. The van der Waals surface area contributed by atoms with E-state index in [4.69, 9.17) is 4.74 Å². The van der Waals surface area contributed by atoms with Gasteiger partial charge in [0.15, 0.2) is 0 Å². The maximum absolute atomic E-state index is 5.50. The van der Waals surface area contributed by atoms with Gasteiger partial charge in [-0.25, -0.2) is 0 Å². The van der Waals surface area contributed by atoms with Crippen molar-refractivity contribution < 1.29 is 4.74 Å². The number of aryl methyl sites for hydroxylation is 1. The van der Waals surface area contributed by atoms with Crippen LogP contribution >= 0.6 is 0 Å². The minimum absolute atomic E-state index is 0.171. The lowest BCUT2D eigenvalue weighted by Crippen LogP contribution is -2.23. The zero-order valence-corrected chi connectivity index (χ0v) is 12.4. The van der Waals surface area contributed by atoms with Gasteiger partial charge in [-0.2, -0.15) is 0 Å². The van der Waals surface area contributed by atoms with Crippen molar-refractivity contribution >= 4 is 0 Å². The van der Waals surface area contributed by atoms with Crippen LogP contribution in [0.2, 0.25) is 0 Å². The number of aromatic nitrogens is 1. The molecule has 2 rings (SSSR count). The summed E-state index contributed by atoms with van der Waals surface area (Å²) in [6.07, 6.45) is 1.83. The molecule has 0 aliphatic carbocycles.